The second-order valence-electron chi connectivity index (χ2n) is 5.70. The molecule has 0 aliphatic rings. The number of nitrogens with zero attached hydrogens (tertiary/aromatic N) is 4. The lowest BCUT2D eigenvalue weighted by Crippen LogP contribution is -2.13. The molecule has 2 aromatic heterocycles. The third-order valence-corrected chi connectivity index (χ3v) is 5.11. The van der Waals surface area contributed by atoms with Gasteiger partial charge in [0, 0.05) is 24.5 Å². The Labute approximate surface area is 157 Å². The summed E-state index contributed by atoms with van der Waals surface area (Å²) in [4.78, 5) is 12.6. The normalized spacial score (nSPS) is 11.3. The van der Waals surface area contributed by atoms with Gasteiger partial charge >= 0.3 is 0 Å². The number of benzene rings is 1. The fraction of sp³-hybridized carbons (Fsp3) is 0.235. The predicted octanol–water partition coefficient (Wildman–Crippen LogP) is 2.00. The van der Waals surface area contributed by atoms with Gasteiger partial charge in [0.25, 0.3) is 10.0 Å². The van der Waals surface area contributed by atoms with Crippen molar-refractivity contribution in [2.75, 3.05) is 18.9 Å². The molecule has 1 aromatic carbocycles. The Hall–Kier alpha value is -3.14. The number of imidazole rings is 1. The van der Waals surface area contributed by atoms with Crippen LogP contribution in [0.5, 0.6) is 11.8 Å². The lowest BCUT2D eigenvalue weighted by atomic mass is 10.2. The second-order valence-corrected chi connectivity index (χ2v) is 7.33. The molecule has 0 aliphatic carbocycles. The van der Waals surface area contributed by atoms with Crippen molar-refractivity contribution in [3.63, 3.8) is 0 Å². The standard InChI is InChI=1S/C17H19N5O4S/c1-11-18-16(10-22(11)2)27(23,24)21-13-7-5-12(6-8-13)17-19-14(25-3)9-15(20-17)26-4/h5-10,21H,1-4H3. The van der Waals surface area contributed by atoms with Gasteiger partial charge in [0.1, 0.15) is 5.82 Å². The van der Waals surface area contributed by atoms with Crippen molar-refractivity contribution < 1.29 is 17.9 Å². The smallest absolute Gasteiger partial charge is 0.280 e. The number of aromatic nitrogens is 4. The van der Waals surface area contributed by atoms with Gasteiger partial charge in [-0.25, -0.2) is 4.98 Å². The van der Waals surface area contributed by atoms with Gasteiger partial charge in [0.15, 0.2) is 10.9 Å². The molecular weight excluding hydrogens is 370 g/mol. The maximum Gasteiger partial charge on any atom is 0.280 e. The average Bonchev–Trinajstić information content (AvgIpc) is 3.01. The molecule has 0 saturated heterocycles. The van der Waals surface area contributed by atoms with Crippen LogP contribution in [0.3, 0.4) is 0 Å². The van der Waals surface area contributed by atoms with Crippen molar-refractivity contribution in [1.82, 2.24) is 19.5 Å². The minimum Gasteiger partial charge on any atom is -0.481 e. The Balaban J connectivity index is 1.85. The van der Waals surface area contributed by atoms with Crippen LogP contribution in [0.4, 0.5) is 5.69 Å². The Kier molecular flexibility index (Phi) is 5.00. The predicted molar refractivity (Wildman–Crippen MR) is 99.3 cm³/mol. The number of nitrogens with one attached hydrogen (secondary N) is 1. The summed E-state index contributed by atoms with van der Waals surface area (Å²) < 4.78 is 39.3. The lowest BCUT2D eigenvalue weighted by Gasteiger charge is -2.08. The van der Waals surface area contributed by atoms with Gasteiger partial charge in [-0.3, -0.25) is 4.72 Å². The Morgan fingerprint density at radius 1 is 1.00 bits per heavy atom. The Morgan fingerprint density at radius 2 is 1.59 bits per heavy atom. The van der Waals surface area contributed by atoms with Crippen molar-refractivity contribution in [2.24, 2.45) is 7.05 Å². The maximum absolute atomic E-state index is 12.4. The van der Waals surface area contributed by atoms with E-state index in [4.69, 9.17) is 9.47 Å². The van der Waals surface area contributed by atoms with Crippen LogP contribution in [-0.2, 0) is 17.1 Å². The van der Waals surface area contributed by atoms with Crippen LogP contribution in [0.25, 0.3) is 11.4 Å². The van der Waals surface area contributed by atoms with E-state index in [0.717, 1.165) is 0 Å². The molecule has 0 bridgehead atoms. The van der Waals surface area contributed by atoms with Crippen LogP contribution in [0.1, 0.15) is 5.82 Å². The van der Waals surface area contributed by atoms with Crippen LogP contribution < -0.4 is 14.2 Å². The van der Waals surface area contributed by atoms with Gasteiger partial charge in [0.2, 0.25) is 11.8 Å². The molecule has 0 unspecified atom stereocenters. The molecule has 27 heavy (non-hydrogen) atoms. The molecule has 1 N–H and O–H groups in total. The Bertz CT molecular complexity index is 1020. The number of aryl methyl sites for hydroxylation is 2. The topological polar surface area (TPSA) is 108 Å². The van der Waals surface area contributed by atoms with E-state index in [2.05, 4.69) is 19.7 Å². The molecular formula is C17H19N5O4S. The fourth-order valence-corrected chi connectivity index (χ4v) is 3.39. The monoisotopic (exact) mass is 389 g/mol. The third kappa shape index (κ3) is 4.00. The van der Waals surface area contributed by atoms with E-state index in [1.54, 1.807) is 48.9 Å². The first kappa shape index (κ1) is 18.6. The molecule has 10 heteroatoms. The number of hydrogen-bond donors (Lipinski definition) is 1. The van der Waals surface area contributed by atoms with Gasteiger partial charge in [-0.2, -0.15) is 18.4 Å². The van der Waals surface area contributed by atoms with Crippen molar-refractivity contribution >= 4 is 15.7 Å². The van der Waals surface area contributed by atoms with Gasteiger partial charge in [-0.05, 0) is 31.2 Å². The van der Waals surface area contributed by atoms with Crippen LogP contribution >= 0.6 is 0 Å². The van der Waals surface area contributed by atoms with E-state index in [1.807, 2.05) is 0 Å². The molecule has 2 heterocycles. The van der Waals surface area contributed by atoms with Crippen molar-refractivity contribution in [2.45, 2.75) is 11.9 Å². The molecule has 0 aliphatic heterocycles. The largest absolute Gasteiger partial charge is 0.481 e. The molecule has 0 radical (unpaired) electrons. The zero-order chi connectivity index (χ0) is 19.6. The number of rotatable bonds is 6. The second kappa shape index (κ2) is 7.23. The average molecular weight is 389 g/mol. The molecule has 0 amide bonds. The number of ether oxygens (including phenoxy) is 2. The summed E-state index contributed by atoms with van der Waals surface area (Å²) in [7, 11) is 0.973. The highest BCUT2D eigenvalue weighted by molar-refractivity contribution is 7.92. The molecule has 0 saturated carbocycles. The maximum atomic E-state index is 12.4. The summed E-state index contributed by atoms with van der Waals surface area (Å²) in [5, 5.41) is -0.0348. The van der Waals surface area contributed by atoms with Crippen molar-refractivity contribution in [1.29, 1.82) is 0 Å². The zero-order valence-corrected chi connectivity index (χ0v) is 16.1. The molecule has 9 nitrogen and oxygen atoms in total. The number of hydrogen-bond acceptors (Lipinski definition) is 7. The molecule has 3 rings (SSSR count). The number of sulfonamides is 1. The summed E-state index contributed by atoms with van der Waals surface area (Å²) in [6.07, 6.45) is 1.46. The number of anilines is 1. The van der Waals surface area contributed by atoms with E-state index in [-0.39, 0.29) is 5.03 Å². The molecule has 0 fully saturated rings. The summed E-state index contributed by atoms with van der Waals surface area (Å²) in [5.74, 6) is 1.75. The minimum absolute atomic E-state index is 0.0348. The highest BCUT2D eigenvalue weighted by atomic mass is 32.2. The van der Waals surface area contributed by atoms with E-state index in [1.165, 1.54) is 20.4 Å². The molecule has 0 spiro atoms. The molecule has 3 aromatic rings. The van der Waals surface area contributed by atoms with E-state index in [0.29, 0.717) is 34.7 Å². The first-order chi connectivity index (χ1) is 12.8. The van der Waals surface area contributed by atoms with Crippen LogP contribution in [0, 0.1) is 6.92 Å². The molecule has 0 atom stereocenters. The van der Waals surface area contributed by atoms with Crippen LogP contribution in [0.2, 0.25) is 0 Å². The summed E-state index contributed by atoms with van der Waals surface area (Å²) in [5.41, 5.74) is 1.08. The van der Waals surface area contributed by atoms with Gasteiger partial charge in [-0.1, -0.05) is 0 Å². The lowest BCUT2D eigenvalue weighted by molar-refractivity contribution is 0.372. The van der Waals surface area contributed by atoms with Gasteiger partial charge in [-0.15, -0.1) is 0 Å². The molecule has 142 valence electrons. The fourth-order valence-electron chi connectivity index (χ4n) is 2.29. The van der Waals surface area contributed by atoms with Crippen LogP contribution in [-0.4, -0.2) is 42.2 Å². The van der Waals surface area contributed by atoms with Gasteiger partial charge in [0.05, 0.1) is 20.3 Å². The first-order valence-corrected chi connectivity index (χ1v) is 9.41. The SMILES string of the molecule is COc1cc(OC)nc(-c2ccc(NS(=O)(=O)c3cn(C)c(C)n3)cc2)n1. The summed E-state index contributed by atoms with van der Waals surface area (Å²) in [6, 6.07) is 8.22. The van der Waals surface area contributed by atoms with Crippen molar-refractivity contribution in [3.05, 3.63) is 42.4 Å². The summed E-state index contributed by atoms with van der Waals surface area (Å²) >= 11 is 0. The van der Waals surface area contributed by atoms with Gasteiger partial charge < -0.3 is 14.0 Å². The highest BCUT2D eigenvalue weighted by Gasteiger charge is 2.18. The summed E-state index contributed by atoms with van der Waals surface area (Å²) in [6.45, 7) is 1.73. The quantitative estimate of drug-likeness (QED) is 0.687. The van der Waals surface area contributed by atoms with E-state index >= 15 is 0 Å². The third-order valence-electron chi connectivity index (χ3n) is 3.85. The highest BCUT2D eigenvalue weighted by Crippen LogP contribution is 2.24. The van der Waals surface area contributed by atoms with Crippen LogP contribution in [0.15, 0.2) is 41.6 Å². The first-order valence-electron chi connectivity index (χ1n) is 7.92. The number of methoxy groups -OCH3 is 2. The Morgan fingerprint density at radius 3 is 2.07 bits per heavy atom. The van der Waals surface area contributed by atoms with E-state index in [9.17, 15) is 8.42 Å². The zero-order valence-electron chi connectivity index (χ0n) is 15.3. The van der Waals surface area contributed by atoms with E-state index < -0.39 is 10.0 Å². The van der Waals surface area contributed by atoms with Crippen molar-refractivity contribution in [3.8, 4) is 23.1 Å². The minimum atomic E-state index is -3.77.